The van der Waals surface area contributed by atoms with Crippen molar-refractivity contribution in [1.29, 1.82) is 0 Å². The second kappa shape index (κ2) is 8.27. The highest BCUT2D eigenvalue weighted by Crippen LogP contribution is 2.37. The van der Waals surface area contributed by atoms with Gasteiger partial charge in [-0.25, -0.2) is 9.37 Å². The van der Waals surface area contributed by atoms with Crippen molar-refractivity contribution in [2.45, 2.75) is 50.2 Å². The van der Waals surface area contributed by atoms with Crippen LogP contribution in [-0.4, -0.2) is 41.5 Å². The van der Waals surface area contributed by atoms with Crippen molar-refractivity contribution in [2.24, 2.45) is 0 Å². The molecule has 5 nitrogen and oxygen atoms in total. The molecular formula is C22H27FN4O. The van der Waals surface area contributed by atoms with E-state index in [1.54, 1.807) is 18.3 Å². The van der Waals surface area contributed by atoms with Crippen LogP contribution in [0, 0.1) is 5.82 Å². The molecule has 0 spiro atoms. The minimum absolute atomic E-state index is 0.00399. The van der Waals surface area contributed by atoms with Gasteiger partial charge in [-0.3, -0.25) is 9.69 Å². The maximum atomic E-state index is 13.9. The third-order valence-corrected chi connectivity index (χ3v) is 6.01. The Morgan fingerprint density at radius 3 is 3.00 bits per heavy atom. The molecular weight excluding hydrogens is 355 g/mol. The SMILES string of the molecule is CNc1ncccc1CN1C[C@@H](c2cccc(F)c2)[C@@H]2NC(=O)CCCC[C@H]21. The number of nitrogens with one attached hydrogen (secondary N) is 2. The number of hydrogen-bond donors (Lipinski definition) is 2. The summed E-state index contributed by atoms with van der Waals surface area (Å²) in [5, 5.41) is 6.42. The van der Waals surface area contributed by atoms with E-state index >= 15 is 0 Å². The number of carbonyl (C=O) groups is 1. The van der Waals surface area contributed by atoms with E-state index in [2.05, 4.69) is 26.6 Å². The van der Waals surface area contributed by atoms with E-state index < -0.39 is 0 Å². The molecule has 4 rings (SSSR count). The lowest BCUT2D eigenvalue weighted by Crippen LogP contribution is -2.47. The average Bonchev–Trinajstić information content (AvgIpc) is 3.00. The second-order valence-corrected chi connectivity index (χ2v) is 7.76. The predicted molar refractivity (Wildman–Crippen MR) is 108 cm³/mol. The summed E-state index contributed by atoms with van der Waals surface area (Å²) < 4.78 is 13.9. The smallest absolute Gasteiger partial charge is 0.220 e. The number of likely N-dealkylation sites (tertiary alicyclic amines) is 1. The fourth-order valence-electron chi connectivity index (χ4n) is 4.69. The van der Waals surface area contributed by atoms with E-state index in [0.29, 0.717) is 6.42 Å². The Morgan fingerprint density at radius 2 is 2.18 bits per heavy atom. The van der Waals surface area contributed by atoms with Crippen LogP contribution in [-0.2, 0) is 11.3 Å². The molecule has 1 amide bonds. The van der Waals surface area contributed by atoms with Crippen LogP contribution in [0.5, 0.6) is 0 Å². The van der Waals surface area contributed by atoms with Crippen LogP contribution < -0.4 is 10.6 Å². The van der Waals surface area contributed by atoms with E-state index in [1.807, 2.05) is 19.2 Å². The number of pyridine rings is 1. The van der Waals surface area contributed by atoms with Gasteiger partial charge in [0, 0.05) is 50.3 Å². The standard InChI is InChI=1S/C22H27FN4O/c1-24-22-16(7-5-11-25-22)13-27-14-18(15-6-4-8-17(23)12-15)21-19(27)9-2-3-10-20(28)26-21/h4-8,11-12,18-19,21H,2-3,9-10,13-14H2,1H3,(H,24,25)(H,26,28)/t18-,19+,21-/m0/s1. The zero-order valence-electron chi connectivity index (χ0n) is 16.2. The molecule has 0 unspecified atom stereocenters. The van der Waals surface area contributed by atoms with Crippen LogP contribution in [0.1, 0.15) is 42.7 Å². The molecule has 1 aromatic carbocycles. The lowest BCUT2D eigenvalue weighted by Gasteiger charge is -2.31. The van der Waals surface area contributed by atoms with Crippen molar-refractivity contribution >= 4 is 11.7 Å². The topological polar surface area (TPSA) is 57.3 Å². The molecule has 0 bridgehead atoms. The number of amides is 1. The highest BCUT2D eigenvalue weighted by molar-refractivity contribution is 5.76. The lowest BCUT2D eigenvalue weighted by atomic mass is 9.88. The third kappa shape index (κ3) is 3.87. The van der Waals surface area contributed by atoms with E-state index in [0.717, 1.165) is 49.3 Å². The van der Waals surface area contributed by atoms with Crippen LogP contribution in [0.2, 0.25) is 0 Å². The van der Waals surface area contributed by atoms with Gasteiger partial charge in [0.05, 0.1) is 6.04 Å². The van der Waals surface area contributed by atoms with Crippen molar-refractivity contribution in [3.8, 4) is 0 Å². The number of fused-ring (bicyclic) bond motifs is 1. The molecule has 6 heteroatoms. The molecule has 2 N–H and O–H groups in total. The fourth-order valence-corrected chi connectivity index (χ4v) is 4.69. The first kappa shape index (κ1) is 18.9. The Balaban J connectivity index is 1.65. The lowest BCUT2D eigenvalue weighted by molar-refractivity contribution is -0.122. The van der Waals surface area contributed by atoms with Gasteiger partial charge in [-0.2, -0.15) is 0 Å². The van der Waals surface area contributed by atoms with Gasteiger partial charge in [-0.1, -0.05) is 24.6 Å². The van der Waals surface area contributed by atoms with E-state index in [1.165, 1.54) is 6.07 Å². The van der Waals surface area contributed by atoms with Gasteiger partial charge >= 0.3 is 0 Å². The molecule has 2 fully saturated rings. The van der Waals surface area contributed by atoms with Crippen LogP contribution in [0.25, 0.3) is 0 Å². The van der Waals surface area contributed by atoms with Crippen molar-refractivity contribution in [3.05, 3.63) is 59.5 Å². The molecule has 0 aliphatic carbocycles. The molecule has 3 heterocycles. The van der Waals surface area contributed by atoms with E-state index in [-0.39, 0.29) is 29.7 Å². The molecule has 148 valence electrons. The van der Waals surface area contributed by atoms with Crippen molar-refractivity contribution in [3.63, 3.8) is 0 Å². The quantitative estimate of drug-likeness (QED) is 0.852. The Bertz CT molecular complexity index is 843. The minimum Gasteiger partial charge on any atom is -0.373 e. The predicted octanol–water partition coefficient (Wildman–Crippen LogP) is 3.29. The molecule has 1 aromatic heterocycles. The first-order chi connectivity index (χ1) is 13.7. The van der Waals surface area contributed by atoms with Crippen molar-refractivity contribution in [2.75, 3.05) is 18.9 Å². The number of benzene rings is 1. The highest BCUT2D eigenvalue weighted by Gasteiger charge is 2.43. The van der Waals surface area contributed by atoms with Gasteiger partial charge in [-0.15, -0.1) is 0 Å². The van der Waals surface area contributed by atoms with Gasteiger partial charge < -0.3 is 10.6 Å². The molecule has 2 aromatic rings. The zero-order valence-corrected chi connectivity index (χ0v) is 16.2. The van der Waals surface area contributed by atoms with Crippen LogP contribution in [0.3, 0.4) is 0 Å². The summed E-state index contributed by atoms with van der Waals surface area (Å²) in [5.74, 6) is 0.838. The van der Waals surface area contributed by atoms with Gasteiger partial charge in [0.15, 0.2) is 0 Å². The van der Waals surface area contributed by atoms with Gasteiger partial charge in [-0.05, 0) is 36.6 Å². The Kier molecular flexibility index (Phi) is 5.57. The number of aromatic nitrogens is 1. The Morgan fingerprint density at radius 1 is 1.29 bits per heavy atom. The molecule has 28 heavy (non-hydrogen) atoms. The molecule has 2 aliphatic rings. The fraction of sp³-hybridized carbons (Fsp3) is 0.455. The maximum Gasteiger partial charge on any atom is 0.220 e. The first-order valence-electron chi connectivity index (χ1n) is 10.1. The van der Waals surface area contributed by atoms with Crippen LogP contribution in [0.15, 0.2) is 42.6 Å². The van der Waals surface area contributed by atoms with E-state index in [4.69, 9.17) is 0 Å². The average molecular weight is 382 g/mol. The molecule has 2 aliphatic heterocycles. The number of nitrogens with zero attached hydrogens (tertiary/aromatic N) is 2. The number of hydrogen-bond acceptors (Lipinski definition) is 4. The van der Waals surface area contributed by atoms with Gasteiger partial charge in [0.2, 0.25) is 5.91 Å². The summed E-state index contributed by atoms with van der Waals surface area (Å²) in [5.41, 5.74) is 2.09. The van der Waals surface area contributed by atoms with Gasteiger partial charge in [0.1, 0.15) is 11.6 Å². The largest absolute Gasteiger partial charge is 0.373 e. The first-order valence-corrected chi connectivity index (χ1v) is 10.1. The number of anilines is 1. The molecule has 0 radical (unpaired) electrons. The summed E-state index contributed by atoms with van der Waals surface area (Å²) in [6.45, 7) is 1.55. The Hall–Kier alpha value is -2.47. The number of halogens is 1. The molecule has 3 atom stereocenters. The van der Waals surface area contributed by atoms with Crippen LogP contribution >= 0.6 is 0 Å². The number of carbonyl (C=O) groups excluding carboxylic acids is 1. The molecule has 0 saturated carbocycles. The monoisotopic (exact) mass is 382 g/mol. The van der Waals surface area contributed by atoms with Crippen LogP contribution in [0.4, 0.5) is 10.2 Å². The van der Waals surface area contributed by atoms with Crippen molar-refractivity contribution < 1.29 is 9.18 Å². The van der Waals surface area contributed by atoms with Crippen molar-refractivity contribution in [1.82, 2.24) is 15.2 Å². The highest BCUT2D eigenvalue weighted by atomic mass is 19.1. The summed E-state index contributed by atoms with van der Waals surface area (Å²) in [6, 6.07) is 11.1. The maximum absolute atomic E-state index is 13.9. The Labute approximate surface area is 165 Å². The number of rotatable bonds is 4. The second-order valence-electron chi connectivity index (χ2n) is 7.76. The summed E-state index contributed by atoms with van der Waals surface area (Å²) in [4.78, 5) is 19.2. The molecule has 2 saturated heterocycles. The third-order valence-electron chi connectivity index (χ3n) is 6.01. The minimum atomic E-state index is -0.227. The summed E-state index contributed by atoms with van der Waals surface area (Å²) in [7, 11) is 1.88. The summed E-state index contributed by atoms with van der Waals surface area (Å²) >= 11 is 0. The van der Waals surface area contributed by atoms with Gasteiger partial charge in [0.25, 0.3) is 0 Å². The zero-order chi connectivity index (χ0) is 19.5. The summed E-state index contributed by atoms with van der Waals surface area (Å²) in [6.07, 6.45) is 5.35. The van der Waals surface area contributed by atoms with E-state index in [9.17, 15) is 9.18 Å². The normalized spacial score (nSPS) is 25.5.